The van der Waals surface area contributed by atoms with Crippen LogP contribution < -0.4 is 10.1 Å². The van der Waals surface area contributed by atoms with Crippen LogP contribution in [0.1, 0.15) is 45.1 Å². The molecule has 1 rings (SSSR count). The molecule has 0 unspecified atom stereocenters. The van der Waals surface area contributed by atoms with Gasteiger partial charge in [0, 0.05) is 24.8 Å². The number of halogens is 1. The molecule has 0 aromatic heterocycles. The Hall–Kier alpha value is -1.13. The second-order valence-electron chi connectivity index (χ2n) is 5.25. The highest BCUT2D eigenvalue weighted by molar-refractivity contribution is 5.34. The van der Waals surface area contributed by atoms with Gasteiger partial charge in [0.05, 0.1) is 6.61 Å². The molecule has 0 atom stereocenters. The van der Waals surface area contributed by atoms with Crippen LogP contribution in [0.2, 0.25) is 0 Å². The van der Waals surface area contributed by atoms with Gasteiger partial charge in [-0.3, -0.25) is 0 Å². The van der Waals surface area contributed by atoms with Crippen molar-refractivity contribution in [1.82, 2.24) is 5.32 Å². The summed E-state index contributed by atoms with van der Waals surface area (Å²) < 4.78 is 19.4. The first-order chi connectivity index (χ1) is 9.65. The molecule has 0 aliphatic rings. The van der Waals surface area contributed by atoms with Crippen LogP contribution in [-0.4, -0.2) is 24.4 Å². The lowest BCUT2D eigenvalue weighted by molar-refractivity contribution is 0.268. The van der Waals surface area contributed by atoms with Crippen molar-refractivity contribution >= 4 is 0 Å². The van der Waals surface area contributed by atoms with Gasteiger partial charge in [0.25, 0.3) is 0 Å². The Morgan fingerprint density at radius 3 is 2.65 bits per heavy atom. The molecule has 114 valence electrons. The van der Waals surface area contributed by atoms with Gasteiger partial charge < -0.3 is 15.2 Å². The van der Waals surface area contributed by atoms with E-state index in [1.165, 1.54) is 6.07 Å². The topological polar surface area (TPSA) is 41.5 Å². The minimum Gasteiger partial charge on any atom is -0.490 e. The maximum absolute atomic E-state index is 13.8. The van der Waals surface area contributed by atoms with Gasteiger partial charge in [-0.1, -0.05) is 32.4 Å². The summed E-state index contributed by atoms with van der Waals surface area (Å²) in [6, 6.07) is 5.38. The number of ether oxygens (including phenoxy) is 1. The third-order valence-electron chi connectivity index (χ3n) is 3.05. The second-order valence-corrected chi connectivity index (χ2v) is 5.25. The molecule has 0 saturated carbocycles. The first-order valence-corrected chi connectivity index (χ1v) is 7.39. The van der Waals surface area contributed by atoms with Crippen molar-refractivity contribution in [2.75, 3.05) is 13.2 Å². The standard InChI is InChI=1S/C16H26FNO2/c1-13(2)18-12-14-8-7-9-15(17)16(14)20-11-6-4-3-5-10-19/h7-9,13,18-19H,3-6,10-12H2,1-2H3. The summed E-state index contributed by atoms with van der Waals surface area (Å²) in [6.07, 6.45) is 3.68. The summed E-state index contributed by atoms with van der Waals surface area (Å²) in [5, 5.41) is 12.0. The molecule has 20 heavy (non-hydrogen) atoms. The van der Waals surface area contributed by atoms with Gasteiger partial charge in [-0.05, 0) is 25.3 Å². The summed E-state index contributed by atoms with van der Waals surface area (Å²) in [4.78, 5) is 0. The first kappa shape index (κ1) is 16.9. The fourth-order valence-corrected chi connectivity index (χ4v) is 1.91. The third-order valence-corrected chi connectivity index (χ3v) is 3.05. The molecule has 0 aliphatic carbocycles. The van der Waals surface area contributed by atoms with Gasteiger partial charge in [-0.2, -0.15) is 0 Å². The lowest BCUT2D eigenvalue weighted by Crippen LogP contribution is -2.22. The second kappa shape index (κ2) is 9.72. The number of rotatable bonds is 10. The van der Waals surface area contributed by atoms with Crippen LogP contribution in [0.4, 0.5) is 4.39 Å². The Balaban J connectivity index is 2.46. The van der Waals surface area contributed by atoms with Crippen LogP contribution in [0.5, 0.6) is 5.75 Å². The summed E-state index contributed by atoms with van der Waals surface area (Å²) in [6.45, 7) is 5.47. The van der Waals surface area contributed by atoms with Gasteiger partial charge in [-0.15, -0.1) is 0 Å². The lowest BCUT2D eigenvalue weighted by Gasteiger charge is -2.14. The van der Waals surface area contributed by atoms with Crippen molar-refractivity contribution in [2.24, 2.45) is 0 Å². The van der Waals surface area contributed by atoms with Crippen LogP contribution >= 0.6 is 0 Å². The molecule has 0 amide bonds. The van der Waals surface area contributed by atoms with E-state index in [0.29, 0.717) is 24.9 Å². The van der Waals surface area contributed by atoms with E-state index in [4.69, 9.17) is 9.84 Å². The van der Waals surface area contributed by atoms with E-state index < -0.39 is 0 Å². The van der Waals surface area contributed by atoms with Crippen molar-refractivity contribution in [3.05, 3.63) is 29.6 Å². The van der Waals surface area contributed by atoms with Gasteiger partial charge in [0.2, 0.25) is 0 Å². The number of aliphatic hydroxyl groups is 1. The quantitative estimate of drug-likeness (QED) is 0.648. The Labute approximate surface area is 121 Å². The lowest BCUT2D eigenvalue weighted by atomic mass is 10.1. The first-order valence-electron chi connectivity index (χ1n) is 7.39. The van der Waals surface area contributed by atoms with E-state index in [1.54, 1.807) is 6.07 Å². The van der Waals surface area contributed by atoms with Gasteiger partial charge in [0.1, 0.15) is 0 Å². The minimum absolute atomic E-state index is 0.235. The Kier molecular flexibility index (Phi) is 8.23. The maximum Gasteiger partial charge on any atom is 0.165 e. The van der Waals surface area contributed by atoms with E-state index in [9.17, 15) is 4.39 Å². The third kappa shape index (κ3) is 6.35. The van der Waals surface area contributed by atoms with Gasteiger partial charge in [0.15, 0.2) is 11.6 Å². The monoisotopic (exact) mass is 283 g/mol. The molecule has 0 fully saturated rings. The van der Waals surface area contributed by atoms with Crippen molar-refractivity contribution in [1.29, 1.82) is 0 Å². The highest BCUT2D eigenvalue weighted by atomic mass is 19.1. The molecule has 0 aliphatic heterocycles. The fourth-order valence-electron chi connectivity index (χ4n) is 1.91. The maximum atomic E-state index is 13.8. The Bertz CT molecular complexity index is 383. The molecule has 0 bridgehead atoms. The number of para-hydroxylation sites is 1. The fraction of sp³-hybridized carbons (Fsp3) is 0.625. The number of hydrogen-bond donors (Lipinski definition) is 2. The molecule has 0 heterocycles. The molecular weight excluding hydrogens is 257 g/mol. The Morgan fingerprint density at radius 2 is 1.95 bits per heavy atom. The predicted molar refractivity (Wildman–Crippen MR) is 79.4 cm³/mol. The zero-order valence-corrected chi connectivity index (χ0v) is 12.5. The number of unbranched alkanes of at least 4 members (excludes halogenated alkanes) is 3. The smallest absolute Gasteiger partial charge is 0.165 e. The highest BCUT2D eigenvalue weighted by Gasteiger charge is 2.09. The van der Waals surface area contributed by atoms with Crippen LogP contribution in [0, 0.1) is 5.82 Å². The molecule has 0 saturated heterocycles. The van der Waals surface area contributed by atoms with Crippen molar-refractivity contribution < 1.29 is 14.2 Å². The van der Waals surface area contributed by atoms with Crippen LogP contribution in [0.15, 0.2) is 18.2 Å². The van der Waals surface area contributed by atoms with Gasteiger partial charge in [-0.25, -0.2) is 4.39 Å². The Morgan fingerprint density at radius 1 is 1.20 bits per heavy atom. The predicted octanol–water partition coefficient (Wildman–Crippen LogP) is 3.26. The highest BCUT2D eigenvalue weighted by Crippen LogP contribution is 2.23. The van der Waals surface area contributed by atoms with E-state index in [-0.39, 0.29) is 12.4 Å². The molecule has 4 heteroatoms. The summed E-state index contributed by atoms with van der Waals surface area (Å²) >= 11 is 0. The number of benzene rings is 1. The normalized spacial score (nSPS) is 11.1. The van der Waals surface area contributed by atoms with Crippen molar-refractivity contribution in [3.8, 4) is 5.75 Å². The molecule has 1 aromatic carbocycles. The molecular formula is C16H26FNO2. The van der Waals surface area contributed by atoms with E-state index in [0.717, 1.165) is 31.2 Å². The SMILES string of the molecule is CC(C)NCc1cccc(F)c1OCCCCCCO. The minimum atomic E-state index is -0.302. The van der Waals surface area contributed by atoms with Crippen LogP contribution in [0.25, 0.3) is 0 Å². The average Bonchev–Trinajstić information content (AvgIpc) is 2.42. The van der Waals surface area contributed by atoms with E-state index >= 15 is 0 Å². The summed E-state index contributed by atoms with van der Waals surface area (Å²) in [7, 11) is 0. The zero-order chi connectivity index (χ0) is 14.8. The number of aliphatic hydroxyl groups excluding tert-OH is 1. The average molecular weight is 283 g/mol. The van der Waals surface area contributed by atoms with Crippen LogP contribution in [0.3, 0.4) is 0 Å². The number of nitrogens with one attached hydrogen (secondary N) is 1. The number of hydrogen-bond acceptors (Lipinski definition) is 3. The molecule has 1 aromatic rings. The molecule has 3 nitrogen and oxygen atoms in total. The van der Waals surface area contributed by atoms with Crippen molar-refractivity contribution in [3.63, 3.8) is 0 Å². The van der Waals surface area contributed by atoms with Crippen molar-refractivity contribution in [2.45, 2.75) is 52.1 Å². The largest absolute Gasteiger partial charge is 0.490 e. The van der Waals surface area contributed by atoms with Crippen LogP contribution in [-0.2, 0) is 6.54 Å². The summed E-state index contributed by atoms with van der Waals surface area (Å²) in [5.74, 6) is 0.0613. The van der Waals surface area contributed by atoms with Gasteiger partial charge >= 0.3 is 0 Å². The molecule has 0 spiro atoms. The van der Waals surface area contributed by atoms with E-state index in [1.807, 2.05) is 6.07 Å². The molecule has 2 N–H and O–H groups in total. The zero-order valence-electron chi connectivity index (χ0n) is 12.5. The molecule has 0 radical (unpaired) electrons. The van der Waals surface area contributed by atoms with E-state index in [2.05, 4.69) is 19.2 Å². The summed E-state index contributed by atoms with van der Waals surface area (Å²) in [5.41, 5.74) is 0.856.